The Labute approximate surface area is 170 Å². The molecule has 0 aromatic carbocycles. The van der Waals surface area contributed by atoms with Crippen molar-refractivity contribution in [2.45, 2.75) is 6.42 Å². The fraction of sp³-hybridized carbons (Fsp3) is 0.400. The van der Waals surface area contributed by atoms with Gasteiger partial charge in [0.25, 0.3) is 5.91 Å². The number of aromatic nitrogens is 3. The number of rotatable bonds is 6. The molecule has 152 valence electrons. The average molecular weight is 431 g/mol. The van der Waals surface area contributed by atoms with Crippen LogP contribution < -0.4 is 26.6 Å². The molecule has 0 radical (unpaired) electrons. The third-order valence-corrected chi connectivity index (χ3v) is 4.39. The topological polar surface area (TPSA) is 138 Å². The molecule has 0 saturated carbocycles. The minimum atomic E-state index is -0.686. The Hall–Kier alpha value is -2.57. The predicted octanol–water partition coefficient (Wildman–Crippen LogP) is 0.244. The second-order valence-electron chi connectivity index (χ2n) is 5.75. The molecule has 1 aliphatic rings. The van der Waals surface area contributed by atoms with Gasteiger partial charge in [-0.1, -0.05) is 0 Å². The Morgan fingerprint density at radius 2 is 2.04 bits per heavy atom. The van der Waals surface area contributed by atoms with Gasteiger partial charge in [-0.05, 0) is 12.1 Å². The number of pyridine rings is 1. The third-order valence-electron chi connectivity index (χ3n) is 3.85. The van der Waals surface area contributed by atoms with Gasteiger partial charge < -0.3 is 21.3 Å². The minimum Gasteiger partial charge on any atom is -0.374 e. The van der Waals surface area contributed by atoms with E-state index in [0.717, 1.165) is 24.6 Å². The van der Waals surface area contributed by atoms with Gasteiger partial charge in [0.1, 0.15) is 5.69 Å². The monoisotopic (exact) mass is 430 g/mol. The smallest absolute Gasteiger partial charge is 0.270 e. The highest BCUT2D eigenvalue weighted by atomic mass is 35.5. The fourth-order valence-electron chi connectivity index (χ4n) is 2.55. The van der Waals surface area contributed by atoms with Gasteiger partial charge >= 0.3 is 0 Å². The van der Waals surface area contributed by atoms with Crippen LogP contribution in [0.25, 0.3) is 0 Å². The van der Waals surface area contributed by atoms with Crippen LogP contribution in [0.3, 0.4) is 0 Å². The summed E-state index contributed by atoms with van der Waals surface area (Å²) in [5, 5.41) is 8.43. The van der Waals surface area contributed by atoms with E-state index < -0.39 is 11.9 Å². The van der Waals surface area contributed by atoms with Crippen LogP contribution in [0.5, 0.6) is 0 Å². The molecule has 0 unspecified atom stereocenters. The van der Waals surface area contributed by atoms with Crippen molar-refractivity contribution in [1.82, 2.24) is 25.0 Å². The zero-order valence-electron chi connectivity index (χ0n) is 14.8. The summed E-state index contributed by atoms with van der Waals surface area (Å²) in [6, 6.07) is 3.02. The molecule has 3 rings (SSSR count). The Kier molecular flexibility index (Phi) is 7.84. The van der Waals surface area contributed by atoms with Crippen molar-refractivity contribution in [2.75, 3.05) is 48.7 Å². The minimum absolute atomic E-state index is 0. The fourth-order valence-corrected chi connectivity index (χ4v) is 2.94. The van der Waals surface area contributed by atoms with E-state index in [0.29, 0.717) is 18.8 Å². The van der Waals surface area contributed by atoms with Crippen LogP contribution >= 0.6 is 23.9 Å². The van der Waals surface area contributed by atoms with Gasteiger partial charge in [0.2, 0.25) is 22.9 Å². The van der Waals surface area contributed by atoms with Crippen molar-refractivity contribution in [1.29, 1.82) is 0 Å². The van der Waals surface area contributed by atoms with E-state index in [-0.39, 0.29) is 48.1 Å². The molecule has 28 heavy (non-hydrogen) atoms. The number of nitrogens with zero attached hydrogens (tertiary/aromatic N) is 4. The summed E-state index contributed by atoms with van der Waals surface area (Å²) in [4.78, 5) is 33.3. The van der Waals surface area contributed by atoms with Gasteiger partial charge in [0.05, 0.1) is 5.69 Å². The van der Waals surface area contributed by atoms with Crippen molar-refractivity contribution in [3.05, 3.63) is 23.8 Å². The van der Waals surface area contributed by atoms with Crippen molar-refractivity contribution in [3.8, 4) is 0 Å². The number of hydrogen-bond acceptors (Lipinski definition) is 9. The second-order valence-corrected chi connectivity index (χ2v) is 6.54. The maximum atomic E-state index is 14.2. The van der Waals surface area contributed by atoms with Gasteiger partial charge in [0, 0.05) is 50.7 Å². The van der Waals surface area contributed by atoms with Crippen molar-refractivity contribution in [2.24, 2.45) is 0 Å². The van der Waals surface area contributed by atoms with Crippen molar-refractivity contribution >= 4 is 52.5 Å². The van der Waals surface area contributed by atoms with Crippen LogP contribution in [-0.4, -0.2) is 58.9 Å². The molecule has 0 bridgehead atoms. The Bertz CT molecular complexity index is 830. The van der Waals surface area contributed by atoms with Crippen LogP contribution in [0.1, 0.15) is 16.9 Å². The van der Waals surface area contributed by atoms with Gasteiger partial charge in [-0.3, -0.25) is 14.9 Å². The second kappa shape index (κ2) is 10.1. The number of hydrogen-bond donors (Lipinski definition) is 4. The summed E-state index contributed by atoms with van der Waals surface area (Å²) < 4.78 is 18.1. The van der Waals surface area contributed by atoms with E-state index in [4.69, 9.17) is 5.73 Å². The zero-order valence-corrected chi connectivity index (χ0v) is 16.4. The van der Waals surface area contributed by atoms with E-state index in [1.165, 1.54) is 6.07 Å². The Balaban J connectivity index is 0.00000280. The van der Waals surface area contributed by atoms with Crippen LogP contribution in [0, 0.1) is 5.95 Å². The first-order valence-corrected chi connectivity index (χ1v) is 9.09. The van der Waals surface area contributed by atoms with Gasteiger partial charge in [-0.25, -0.2) is 4.98 Å². The lowest BCUT2D eigenvalue weighted by atomic mass is 10.2. The number of amides is 2. The third kappa shape index (κ3) is 5.71. The largest absolute Gasteiger partial charge is 0.374 e. The summed E-state index contributed by atoms with van der Waals surface area (Å²) in [6.45, 7) is 2.96. The molecule has 1 aliphatic heterocycles. The lowest BCUT2D eigenvalue weighted by Gasteiger charge is -2.29. The molecule has 1 saturated heterocycles. The zero-order chi connectivity index (χ0) is 19.2. The molecule has 5 N–H and O–H groups in total. The molecule has 0 aliphatic carbocycles. The Morgan fingerprint density at radius 3 is 2.68 bits per heavy atom. The number of nitrogens with two attached hydrogens (primary N) is 1. The van der Waals surface area contributed by atoms with E-state index >= 15 is 0 Å². The number of piperazine rings is 1. The first-order chi connectivity index (χ1) is 13.0. The normalized spacial score (nSPS) is 13.5. The van der Waals surface area contributed by atoms with Crippen molar-refractivity contribution in [3.63, 3.8) is 0 Å². The SMILES string of the molecule is Cl.Nc1nc(NC(=O)CCNC(=O)c2ccc(N3CCNCC3)c(F)n2)ns1. The van der Waals surface area contributed by atoms with Gasteiger partial charge in [-0.15, -0.1) is 12.4 Å². The molecule has 10 nitrogen and oxygen atoms in total. The molecule has 1 fully saturated rings. The molecule has 13 heteroatoms. The molecular weight excluding hydrogens is 411 g/mol. The lowest BCUT2D eigenvalue weighted by Crippen LogP contribution is -2.44. The summed E-state index contributed by atoms with van der Waals surface area (Å²) in [5.41, 5.74) is 5.76. The van der Waals surface area contributed by atoms with Gasteiger partial charge in [-0.2, -0.15) is 13.7 Å². The number of anilines is 3. The van der Waals surface area contributed by atoms with Crippen LogP contribution in [-0.2, 0) is 4.79 Å². The molecule has 2 aromatic heterocycles. The maximum Gasteiger partial charge on any atom is 0.270 e. The van der Waals surface area contributed by atoms with Crippen LogP contribution in [0.4, 0.5) is 21.2 Å². The maximum absolute atomic E-state index is 14.2. The van der Waals surface area contributed by atoms with Crippen LogP contribution in [0.15, 0.2) is 12.1 Å². The highest BCUT2D eigenvalue weighted by molar-refractivity contribution is 7.09. The molecule has 2 aromatic rings. The van der Waals surface area contributed by atoms with E-state index in [9.17, 15) is 14.0 Å². The van der Waals surface area contributed by atoms with Crippen molar-refractivity contribution < 1.29 is 14.0 Å². The summed E-state index contributed by atoms with van der Waals surface area (Å²) in [7, 11) is 0. The van der Waals surface area contributed by atoms with Crippen LogP contribution in [0.2, 0.25) is 0 Å². The number of nitrogen functional groups attached to an aromatic ring is 1. The molecule has 0 spiro atoms. The van der Waals surface area contributed by atoms with Gasteiger partial charge in [0.15, 0.2) is 0 Å². The summed E-state index contributed by atoms with van der Waals surface area (Å²) in [5.74, 6) is -1.48. The molecular formula is C15H20ClFN8O2S. The van der Waals surface area contributed by atoms with E-state index in [2.05, 4.69) is 30.3 Å². The summed E-state index contributed by atoms with van der Waals surface area (Å²) in [6.07, 6.45) is 0.00615. The number of nitrogens with one attached hydrogen (secondary N) is 3. The Morgan fingerprint density at radius 1 is 1.29 bits per heavy atom. The number of halogens is 2. The number of carbonyl (C=O) groups excluding carboxylic acids is 2. The lowest BCUT2D eigenvalue weighted by molar-refractivity contribution is -0.116. The molecule has 0 atom stereocenters. The predicted molar refractivity (Wildman–Crippen MR) is 106 cm³/mol. The first-order valence-electron chi connectivity index (χ1n) is 8.32. The number of carbonyl (C=O) groups is 2. The van der Waals surface area contributed by atoms with E-state index in [1.807, 2.05) is 4.90 Å². The highest BCUT2D eigenvalue weighted by Crippen LogP contribution is 2.18. The van der Waals surface area contributed by atoms with E-state index in [1.54, 1.807) is 6.07 Å². The highest BCUT2D eigenvalue weighted by Gasteiger charge is 2.18. The molecule has 3 heterocycles. The first kappa shape index (κ1) is 21.7. The quantitative estimate of drug-likeness (QED) is 0.478. The average Bonchev–Trinajstić information content (AvgIpc) is 3.06. The summed E-state index contributed by atoms with van der Waals surface area (Å²) >= 11 is 0.967. The molecule has 2 amide bonds. The standard InChI is InChI=1S/C15H19FN8O2S.ClH/c16-12-10(24-7-5-18-6-8-24)2-1-9(20-12)13(26)19-4-3-11(25)21-15-22-14(17)27-23-15;/h1-2,18H,3-8H2,(H,19,26)(H3,17,21,22,23,25);1H.